The third kappa shape index (κ3) is 1.96. The topological polar surface area (TPSA) is 38.5 Å². The number of halogens is 2. The van der Waals surface area contributed by atoms with Crippen molar-refractivity contribution in [2.75, 3.05) is 0 Å². The van der Waals surface area contributed by atoms with Gasteiger partial charge in [-0.2, -0.15) is 0 Å². The number of benzene rings is 3. The molecule has 5 heteroatoms. The summed E-state index contributed by atoms with van der Waals surface area (Å²) >= 11 is 6.90. The molecule has 3 nitrogen and oxygen atoms in total. The highest BCUT2D eigenvalue weighted by Crippen LogP contribution is 2.28. The Bertz CT molecular complexity index is 1350. The number of nitrogens with zero attached hydrogens (tertiary/aromatic N) is 1. The van der Waals surface area contributed by atoms with Crippen LogP contribution in [-0.4, -0.2) is 4.40 Å². The Balaban J connectivity index is 2.30. The average Bonchev–Trinajstić information content (AvgIpc) is 2.61. The molecule has 0 fully saturated rings. The molecule has 0 bridgehead atoms. The van der Waals surface area contributed by atoms with Crippen molar-refractivity contribution >= 4 is 70.0 Å². The molecule has 0 N–H and O–H groups in total. The second-order valence-corrected chi connectivity index (χ2v) is 7.85. The van der Waals surface area contributed by atoms with E-state index in [0.717, 1.165) is 20.0 Å². The van der Waals surface area contributed by atoms with Gasteiger partial charge in [0.05, 0.1) is 16.6 Å². The van der Waals surface area contributed by atoms with Gasteiger partial charge in [-0.3, -0.25) is 9.59 Å². The first-order chi connectivity index (χ1) is 12.1. The molecule has 0 saturated heterocycles. The van der Waals surface area contributed by atoms with E-state index in [9.17, 15) is 9.59 Å². The van der Waals surface area contributed by atoms with Crippen molar-refractivity contribution in [2.24, 2.45) is 0 Å². The number of aromatic nitrogens is 1. The highest BCUT2D eigenvalue weighted by molar-refractivity contribution is 9.10. The van der Waals surface area contributed by atoms with Crippen molar-refractivity contribution < 1.29 is 0 Å². The minimum atomic E-state index is -0.0576. The predicted molar refractivity (Wildman–Crippen MR) is 109 cm³/mol. The van der Waals surface area contributed by atoms with Crippen molar-refractivity contribution in [3.8, 4) is 0 Å². The van der Waals surface area contributed by atoms with Crippen LogP contribution in [0.4, 0.5) is 0 Å². The Labute approximate surface area is 158 Å². The normalized spacial score (nSPS) is 11.9. The van der Waals surface area contributed by atoms with Crippen LogP contribution in [0.3, 0.4) is 0 Å². The first-order valence-corrected chi connectivity index (χ1v) is 9.26. The van der Waals surface area contributed by atoms with E-state index in [-0.39, 0.29) is 10.9 Å². The molecule has 0 saturated carbocycles. The fourth-order valence-corrected chi connectivity index (χ4v) is 4.30. The van der Waals surface area contributed by atoms with E-state index in [0.29, 0.717) is 27.1 Å². The number of hydrogen-bond acceptors (Lipinski definition) is 2. The third-order valence-corrected chi connectivity index (χ3v) is 5.62. The van der Waals surface area contributed by atoms with E-state index < -0.39 is 0 Å². The van der Waals surface area contributed by atoms with Gasteiger partial charge in [-0.15, -0.1) is 0 Å². The summed E-state index contributed by atoms with van der Waals surface area (Å²) in [5.41, 5.74) is 2.16. The van der Waals surface area contributed by atoms with Gasteiger partial charge in [-0.25, -0.2) is 0 Å². The minimum absolute atomic E-state index is 0.0576. The monoisotopic (exact) mass is 453 g/mol. The van der Waals surface area contributed by atoms with E-state index in [1.165, 1.54) is 0 Å². The van der Waals surface area contributed by atoms with E-state index in [2.05, 4.69) is 31.9 Å². The minimum Gasteiger partial charge on any atom is -0.308 e. The lowest BCUT2D eigenvalue weighted by Crippen LogP contribution is -2.14. The molecule has 0 aliphatic rings. The summed E-state index contributed by atoms with van der Waals surface area (Å²) in [6.45, 7) is 0. The molecule has 5 aromatic rings. The van der Waals surface area contributed by atoms with Gasteiger partial charge >= 0.3 is 0 Å². The van der Waals surface area contributed by atoms with Gasteiger partial charge < -0.3 is 4.40 Å². The van der Waals surface area contributed by atoms with Gasteiger partial charge in [-0.1, -0.05) is 37.9 Å². The third-order valence-electron chi connectivity index (χ3n) is 4.64. The summed E-state index contributed by atoms with van der Waals surface area (Å²) in [5.74, 6) is 0. The summed E-state index contributed by atoms with van der Waals surface area (Å²) in [4.78, 5) is 26.0. The molecule has 0 amide bonds. The van der Waals surface area contributed by atoms with Crippen LogP contribution in [-0.2, 0) is 0 Å². The van der Waals surface area contributed by atoms with Gasteiger partial charge in [0.2, 0.25) is 0 Å². The standard InChI is InChI=1S/C20H9Br2NO2/c21-10-4-6-16-14(8-10)19(24)12-2-1-3-13-18(12)23(16)17-7-5-11(22)9-15(17)20(13)25/h1-9H. The molecular formula is C20H9Br2NO2. The van der Waals surface area contributed by atoms with Crippen LogP contribution in [0.15, 0.2) is 73.1 Å². The van der Waals surface area contributed by atoms with Crippen LogP contribution < -0.4 is 10.9 Å². The molecule has 0 unspecified atom stereocenters. The Kier molecular flexibility index (Phi) is 3.09. The molecule has 0 radical (unpaired) electrons. The second kappa shape index (κ2) is 5.13. The second-order valence-electron chi connectivity index (χ2n) is 6.02. The smallest absolute Gasteiger partial charge is 0.197 e. The Morgan fingerprint density at radius 2 is 1.12 bits per heavy atom. The molecule has 120 valence electrons. The number of fused-ring (bicyclic) bond motifs is 4. The van der Waals surface area contributed by atoms with Crippen molar-refractivity contribution in [2.45, 2.75) is 0 Å². The molecule has 2 heterocycles. The largest absolute Gasteiger partial charge is 0.308 e. The Hall–Kier alpha value is -2.24. The summed E-state index contributed by atoms with van der Waals surface area (Å²) in [6.07, 6.45) is 0. The van der Waals surface area contributed by atoms with E-state index in [4.69, 9.17) is 0 Å². The molecular weight excluding hydrogens is 446 g/mol. The van der Waals surface area contributed by atoms with Crippen molar-refractivity contribution in [3.63, 3.8) is 0 Å². The number of pyridine rings is 2. The highest BCUT2D eigenvalue weighted by Gasteiger charge is 2.16. The Morgan fingerprint density at radius 1 is 0.640 bits per heavy atom. The Morgan fingerprint density at radius 3 is 1.60 bits per heavy atom. The molecule has 2 aromatic heterocycles. The van der Waals surface area contributed by atoms with Crippen LogP contribution in [0.5, 0.6) is 0 Å². The van der Waals surface area contributed by atoms with Gasteiger partial charge in [0.1, 0.15) is 0 Å². The average molecular weight is 455 g/mol. The first kappa shape index (κ1) is 15.0. The van der Waals surface area contributed by atoms with Gasteiger partial charge in [0, 0.05) is 30.5 Å². The van der Waals surface area contributed by atoms with Crippen molar-refractivity contribution in [1.29, 1.82) is 0 Å². The summed E-state index contributed by atoms with van der Waals surface area (Å²) in [6, 6.07) is 16.7. The SMILES string of the molecule is O=c1c2cc(Br)ccc2n2c3ccc(Br)cc3c(=O)c3cccc1c32. The summed E-state index contributed by atoms with van der Waals surface area (Å²) < 4.78 is 3.73. The highest BCUT2D eigenvalue weighted by atomic mass is 79.9. The number of para-hydroxylation sites is 1. The molecule has 0 aliphatic heterocycles. The van der Waals surface area contributed by atoms with Crippen molar-refractivity contribution in [1.82, 2.24) is 4.40 Å². The number of rotatable bonds is 0. The van der Waals surface area contributed by atoms with Crippen LogP contribution in [0.1, 0.15) is 0 Å². The lowest BCUT2D eigenvalue weighted by Gasteiger charge is -2.14. The maximum absolute atomic E-state index is 13.0. The van der Waals surface area contributed by atoms with Crippen LogP contribution in [0.2, 0.25) is 0 Å². The molecule has 3 aromatic carbocycles. The summed E-state index contributed by atoms with van der Waals surface area (Å²) in [5, 5.41) is 2.37. The molecule has 5 rings (SSSR count). The quantitative estimate of drug-likeness (QED) is 0.241. The van der Waals surface area contributed by atoms with Crippen LogP contribution >= 0.6 is 31.9 Å². The lowest BCUT2D eigenvalue weighted by molar-refractivity contribution is 1.30. The summed E-state index contributed by atoms with van der Waals surface area (Å²) in [7, 11) is 0. The molecule has 0 aliphatic carbocycles. The fourth-order valence-electron chi connectivity index (χ4n) is 3.58. The fraction of sp³-hybridized carbons (Fsp3) is 0. The van der Waals surface area contributed by atoms with Crippen LogP contribution in [0.25, 0.3) is 38.1 Å². The van der Waals surface area contributed by atoms with Crippen molar-refractivity contribution in [3.05, 3.63) is 84.0 Å². The number of hydrogen-bond donors (Lipinski definition) is 0. The predicted octanol–water partition coefficient (Wildman–Crippen LogP) is 5.08. The maximum Gasteiger partial charge on any atom is 0.197 e. The van der Waals surface area contributed by atoms with Crippen LogP contribution in [0, 0.1) is 0 Å². The first-order valence-electron chi connectivity index (χ1n) is 7.68. The zero-order valence-corrected chi connectivity index (χ0v) is 15.9. The van der Waals surface area contributed by atoms with Gasteiger partial charge in [0.15, 0.2) is 10.9 Å². The van der Waals surface area contributed by atoms with E-state index in [1.54, 1.807) is 18.2 Å². The zero-order chi connectivity index (χ0) is 17.3. The molecule has 0 atom stereocenters. The van der Waals surface area contributed by atoms with E-state index >= 15 is 0 Å². The van der Waals surface area contributed by atoms with E-state index in [1.807, 2.05) is 40.8 Å². The zero-order valence-electron chi connectivity index (χ0n) is 12.7. The molecule has 25 heavy (non-hydrogen) atoms. The van der Waals surface area contributed by atoms with Gasteiger partial charge in [0.25, 0.3) is 0 Å². The molecule has 0 spiro atoms. The maximum atomic E-state index is 13.0. The van der Waals surface area contributed by atoms with Gasteiger partial charge in [-0.05, 0) is 48.5 Å². The lowest BCUT2D eigenvalue weighted by atomic mass is 10.0.